The Bertz CT molecular complexity index is 888. The van der Waals surface area contributed by atoms with Crippen molar-refractivity contribution in [2.45, 2.75) is 4.90 Å². The normalized spacial score (nSPS) is 14.9. The number of fused-ring (bicyclic) bond motifs is 1. The summed E-state index contributed by atoms with van der Waals surface area (Å²) in [5.74, 6) is 0.0571. The van der Waals surface area contributed by atoms with E-state index >= 15 is 0 Å². The third kappa shape index (κ3) is 3.21. The Morgan fingerprint density at radius 3 is 2.72 bits per heavy atom. The van der Waals surface area contributed by atoms with E-state index in [4.69, 9.17) is 4.98 Å². The number of para-hydroxylation sites is 1. The number of thiazole rings is 1. The number of piperazine rings is 1. The first-order valence-electron chi connectivity index (χ1n) is 8.14. The maximum atomic E-state index is 12.5. The summed E-state index contributed by atoms with van der Waals surface area (Å²) >= 11 is 3.45. The van der Waals surface area contributed by atoms with Crippen LogP contribution in [0.1, 0.15) is 10.4 Å². The van der Waals surface area contributed by atoms with Gasteiger partial charge in [-0.05, 0) is 30.5 Å². The van der Waals surface area contributed by atoms with Crippen molar-refractivity contribution < 1.29 is 4.79 Å². The number of amides is 1. The molecule has 128 valence electrons. The number of hydrogen-bond donors (Lipinski definition) is 0. The van der Waals surface area contributed by atoms with Crippen LogP contribution in [0.5, 0.6) is 0 Å². The lowest BCUT2D eigenvalue weighted by molar-refractivity contribution is 0.0746. The Labute approximate surface area is 154 Å². The second-order valence-corrected chi connectivity index (χ2v) is 7.68. The van der Waals surface area contributed by atoms with Gasteiger partial charge in [0.05, 0.1) is 15.8 Å². The molecule has 0 aliphatic carbocycles. The molecule has 7 heteroatoms. The van der Waals surface area contributed by atoms with E-state index in [1.54, 1.807) is 41.6 Å². The fourth-order valence-electron chi connectivity index (χ4n) is 2.98. The quantitative estimate of drug-likeness (QED) is 0.662. The first kappa shape index (κ1) is 16.4. The number of benzene rings is 1. The number of pyridine rings is 1. The molecule has 0 spiro atoms. The van der Waals surface area contributed by atoms with Gasteiger partial charge in [0.2, 0.25) is 0 Å². The van der Waals surface area contributed by atoms with Crippen LogP contribution >= 0.6 is 23.1 Å². The number of anilines is 1. The van der Waals surface area contributed by atoms with Gasteiger partial charge in [0.15, 0.2) is 5.13 Å². The predicted octanol–water partition coefficient (Wildman–Crippen LogP) is 3.38. The molecule has 0 N–H and O–H groups in total. The van der Waals surface area contributed by atoms with Crippen LogP contribution < -0.4 is 4.90 Å². The van der Waals surface area contributed by atoms with Crippen LogP contribution in [0.2, 0.25) is 0 Å². The lowest BCUT2D eigenvalue weighted by Gasteiger charge is -2.34. The summed E-state index contributed by atoms with van der Waals surface area (Å²) in [6, 6.07) is 9.94. The molecule has 0 radical (unpaired) electrons. The molecule has 4 rings (SSSR count). The lowest BCUT2D eigenvalue weighted by atomic mass is 10.2. The molecule has 0 bridgehead atoms. The van der Waals surface area contributed by atoms with E-state index in [0.29, 0.717) is 18.7 Å². The molecule has 0 saturated carbocycles. The van der Waals surface area contributed by atoms with Crippen LogP contribution in [0.4, 0.5) is 5.13 Å². The molecule has 1 saturated heterocycles. The van der Waals surface area contributed by atoms with Crippen LogP contribution in [0.15, 0.2) is 47.6 Å². The average Bonchev–Trinajstić information content (AvgIpc) is 3.12. The van der Waals surface area contributed by atoms with E-state index in [2.05, 4.69) is 34.3 Å². The van der Waals surface area contributed by atoms with Gasteiger partial charge in [0.25, 0.3) is 5.91 Å². The standard InChI is InChI=1S/C18H18N4OS2/c1-24-14-5-2-6-15-16(14)20-18(25-15)22-10-8-21(9-11-22)17(23)13-4-3-7-19-12-13/h2-7,12H,8-11H2,1H3. The Morgan fingerprint density at radius 2 is 2.00 bits per heavy atom. The minimum absolute atomic E-state index is 0.0571. The van der Waals surface area contributed by atoms with Crippen molar-refractivity contribution in [3.63, 3.8) is 0 Å². The van der Waals surface area contributed by atoms with Crippen LogP contribution in [-0.4, -0.2) is 53.2 Å². The lowest BCUT2D eigenvalue weighted by Crippen LogP contribution is -2.48. The molecule has 0 atom stereocenters. The second kappa shape index (κ2) is 7.01. The molecule has 25 heavy (non-hydrogen) atoms. The van der Waals surface area contributed by atoms with Crippen LogP contribution in [-0.2, 0) is 0 Å². The molecule has 1 amide bonds. The Kier molecular flexibility index (Phi) is 4.59. The summed E-state index contributed by atoms with van der Waals surface area (Å²) < 4.78 is 1.22. The Hall–Kier alpha value is -2.12. The van der Waals surface area contributed by atoms with Crippen molar-refractivity contribution in [2.75, 3.05) is 37.3 Å². The number of carbonyl (C=O) groups excluding carboxylic acids is 1. The van der Waals surface area contributed by atoms with Crippen molar-refractivity contribution in [1.82, 2.24) is 14.9 Å². The second-order valence-electron chi connectivity index (χ2n) is 5.82. The number of rotatable bonds is 3. The number of aromatic nitrogens is 2. The largest absolute Gasteiger partial charge is 0.345 e. The van der Waals surface area contributed by atoms with Crippen LogP contribution in [0, 0.1) is 0 Å². The molecule has 5 nitrogen and oxygen atoms in total. The number of nitrogens with zero attached hydrogens (tertiary/aromatic N) is 4. The SMILES string of the molecule is CSc1cccc2sc(N3CCN(C(=O)c4cccnc4)CC3)nc12. The van der Waals surface area contributed by atoms with Crippen LogP contribution in [0.3, 0.4) is 0 Å². The fraction of sp³-hybridized carbons (Fsp3) is 0.278. The monoisotopic (exact) mass is 370 g/mol. The zero-order valence-electron chi connectivity index (χ0n) is 13.9. The van der Waals surface area contributed by atoms with Crippen molar-refractivity contribution in [3.05, 3.63) is 48.3 Å². The van der Waals surface area contributed by atoms with Crippen molar-refractivity contribution in [3.8, 4) is 0 Å². The zero-order valence-corrected chi connectivity index (χ0v) is 15.5. The highest BCUT2D eigenvalue weighted by Gasteiger charge is 2.24. The summed E-state index contributed by atoms with van der Waals surface area (Å²) in [6.07, 6.45) is 5.40. The van der Waals surface area contributed by atoms with E-state index in [1.807, 2.05) is 11.0 Å². The molecule has 1 aliphatic heterocycles. The van der Waals surface area contributed by atoms with Gasteiger partial charge >= 0.3 is 0 Å². The maximum Gasteiger partial charge on any atom is 0.255 e. The summed E-state index contributed by atoms with van der Waals surface area (Å²) in [5, 5.41) is 1.05. The summed E-state index contributed by atoms with van der Waals surface area (Å²) in [7, 11) is 0. The summed E-state index contributed by atoms with van der Waals surface area (Å²) in [4.78, 5) is 26.8. The molecule has 1 aromatic carbocycles. The van der Waals surface area contributed by atoms with E-state index in [-0.39, 0.29) is 5.91 Å². The molecule has 1 fully saturated rings. The smallest absolute Gasteiger partial charge is 0.255 e. The highest BCUT2D eigenvalue weighted by atomic mass is 32.2. The van der Waals surface area contributed by atoms with E-state index in [0.717, 1.165) is 23.7 Å². The third-order valence-corrected chi connectivity index (χ3v) is 6.19. The van der Waals surface area contributed by atoms with Gasteiger partial charge in [0.1, 0.15) is 0 Å². The first-order chi connectivity index (χ1) is 12.3. The van der Waals surface area contributed by atoms with Gasteiger partial charge < -0.3 is 9.80 Å². The molecule has 1 aliphatic rings. The van der Waals surface area contributed by atoms with Crippen molar-refractivity contribution in [2.24, 2.45) is 0 Å². The van der Waals surface area contributed by atoms with Crippen molar-refractivity contribution >= 4 is 44.4 Å². The molecule has 2 aromatic heterocycles. The molecule has 3 aromatic rings. The van der Waals surface area contributed by atoms with Gasteiger partial charge in [-0.1, -0.05) is 17.4 Å². The summed E-state index contributed by atoms with van der Waals surface area (Å²) in [6.45, 7) is 3.03. The topological polar surface area (TPSA) is 49.3 Å². The van der Waals surface area contributed by atoms with Gasteiger partial charge in [-0.3, -0.25) is 9.78 Å². The highest BCUT2D eigenvalue weighted by Crippen LogP contribution is 2.34. The maximum absolute atomic E-state index is 12.5. The molecular formula is C18H18N4OS2. The number of thioether (sulfide) groups is 1. The Morgan fingerprint density at radius 1 is 1.16 bits per heavy atom. The first-order valence-corrected chi connectivity index (χ1v) is 10.2. The predicted molar refractivity (Wildman–Crippen MR) is 104 cm³/mol. The zero-order chi connectivity index (χ0) is 17.2. The van der Waals surface area contributed by atoms with Gasteiger partial charge in [-0.2, -0.15) is 0 Å². The third-order valence-electron chi connectivity index (χ3n) is 4.34. The number of carbonyl (C=O) groups is 1. The van der Waals surface area contributed by atoms with Gasteiger partial charge in [-0.15, -0.1) is 11.8 Å². The highest BCUT2D eigenvalue weighted by molar-refractivity contribution is 7.98. The van der Waals surface area contributed by atoms with E-state index < -0.39 is 0 Å². The molecular weight excluding hydrogens is 352 g/mol. The Balaban J connectivity index is 1.48. The fourth-order valence-corrected chi connectivity index (χ4v) is 4.66. The number of hydrogen-bond acceptors (Lipinski definition) is 6. The average molecular weight is 371 g/mol. The van der Waals surface area contributed by atoms with Crippen LogP contribution in [0.25, 0.3) is 10.2 Å². The molecule has 3 heterocycles. The van der Waals surface area contributed by atoms with E-state index in [9.17, 15) is 4.79 Å². The molecule has 0 unspecified atom stereocenters. The van der Waals surface area contributed by atoms with E-state index in [1.165, 1.54) is 9.60 Å². The summed E-state index contributed by atoms with van der Waals surface area (Å²) in [5.41, 5.74) is 1.74. The van der Waals surface area contributed by atoms with Gasteiger partial charge in [0, 0.05) is 43.5 Å². The van der Waals surface area contributed by atoms with Gasteiger partial charge in [-0.25, -0.2) is 4.98 Å². The van der Waals surface area contributed by atoms with Crippen molar-refractivity contribution in [1.29, 1.82) is 0 Å². The minimum Gasteiger partial charge on any atom is -0.345 e. The minimum atomic E-state index is 0.0571.